The molecule has 0 saturated heterocycles. The van der Waals surface area contributed by atoms with Crippen LogP contribution in [-0.2, 0) is 4.79 Å². The molecule has 0 aliphatic rings. The number of hydrogen-bond donors (Lipinski definition) is 2. The molecule has 3 rings (SSSR count). The number of ether oxygens (including phenoxy) is 2. The zero-order valence-corrected chi connectivity index (χ0v) is 17.0. The molecule has 0 unspecified atom stereocenters. The highest BCUT2D eigenvalue weighted by Gasteiger charge is 2.13. The summed E-state index contributed by atoms with van der Waals surface area (Å²) >= 11 is 0. The van der Waals surface area contributed by atoms with Crippen molar-refractivity contribution in [2.75, 3.05) is 20.8 Å². The van der Waals surface area contributed by atoms with Crippen molar-refractivity contribution in [2.45, 2.75) is 0 Å². The van der Waals surface area contributed by atoms with Crippen molar-refractivity contribution in [3.8, 4) is 11.5 Å². The molecule has 31 heavy (non-hydrogen) atoms. The number of nitrogens with zero attached hydrogens (tertiary/aromatic N) is 3. The number of carbonyl (C=O) groups is 2. The van der Waals surface area contributed by atoms with E-state index in [0.717, 1.165) is 0 Å². The van der Waals surface area contributed by atoms with E-state index in [0.29, 0.717) is 34.2 Å². The van der Waals surface area contributed by atoms with Gasteiger partial charge in [-0.3, -0.25) is 19.6 Å². The van der Waals surface area contributed by atoms with E-state index < -0.39 is 11.8 Å². The van der Waals surface area contributed by atoms with Gasteiger partial charge in [-0.25, -0.2) is 5.43 Å². The van der Waals surface area contributed by atoms with Gasteiger partial charge in [0.05, 0.1) is 32.2 Å². The summed E-state index contributed by atoms with van der Waals surface area (Å²) in [6.45, 7) is -0.269. The first-order chi connectivity index (χ1) is 15.1. The molecule has 2 aromatic heterocycles. The van der Waals surface area contributed by atoms with Crippen LogP contribution in [0.2, 0.25) is 0 Å². The second-order valence-electron chi connectivity index (χ2n) is 6.18. The highest BCUT2D eigenvalue weighted by atomic mass is 16.5. The van der Waals surface area contributed by atoms with Crippen LogP contribution < -0.4 is 20.2 Å². The number of hydrogen-bond acceptors (Lipinski definition) is 7. The maximum Gasteiger partial charge on any atom is 0.259 e. The fourth-order valence-corrected chi connectivity index (χ4v) is 2.65. The van der Waals surface area contributed by atoms with E-state index in [1.807, 2.05) is 12.1 Å². The third-order valence-electron chi connectivity index (χ3n) is 4.16. The van der Waals surface area contributed by atoms with Gasteiger partial charge in [0, 0.05) is 18.0 Å². The van der Waals surface area contributed by atoms with Crippen LogP contribution in [-0.4, -0.2) is 48.3 Å². The first-order valence-corrected chi connectivity index (χ1v) is 9.32. The molecule has 0 bridgehead atoms. The number of aromatic nitrogens is 2. The average molecular weight is 419 g/mol. The summed E-state index contributed by atoms with van der Waals surface area (Å²) in [4.78, 5) is 33.1. The van der Waals surface area contributed by atoms with Crippen LogP contribution >= 0.6 is 0 Å². The average Bonchev–Trinajstić information content (AvgIpc) is 2.83. The second kappa shape index (κ2) is 10.5. The van der Waals surface area contributed by atoms with Gasteiger partial charge >= 0.3 is 0 Å². The number of carbonyl (C=O) groups excluding carboxylic acids is 2. The number of nitrogens with one attached hydrogen (secondary N) is 2. The molecule has 9 nitrogen and oxygen atoms in total. The van der Waals surface area contributed by atoms with Gasteiger partial charge in [-0.15, -0.1) is 0 Å². The van der Waals surface area contributed by atoms with Crippen molar-refractivity contribution in [3.63, 3.8) is 0 Å². The topological polar surface area (TPSA) is 115 Å². The van der Waals surface area contributed by atoms with Crippen LogP contribution in [0, 0.1) is 0 Å². The zero-order chi connectivity index (χ0) is 22.1. The van der Waals surface area contributed by atoms with Gasteiger partial charge in [-0.2, -0.15) is 5.10 Å². The summed E-state index contributed by atoms with van der Waals surface area (Å²) in [7, 11) is 2.98. The Labute approximate surface area is 179 Å². The minimum atomic E-state index is -0.502. The predicted molar refractivity (Wildman–Crippen MR) is 114 cm³/mol. The summed E-state index contributed by atoms with van der Waals surface area (Å²) < 4.78 is 10.3. The quantitative estimate of drug-likeness (QED) is 0.425. The van der Waals surface area contributed by atoms with Crippen molar-refractivity contribution in [1.29, 1.82) is 0 Å². The Morgan fingerprint density at radius 1 is 0.903 bits per heavy atom. The third kappa shape index (κ3) is 5.63. The highest BCUT2D eigenvalue weighted by Crippen LogP contribution is 2.27. The molecule has 0 aliphatic heterocycles. The van der Waals surface area contributed by atoms with Gasteiger partial charge in [0.1, 0.15) is 5.71 Å². The van der Waals surface area contributed by atoms with Gasteiger partial charge in [0.25, 0.3) is 11.8 Å². The normalized spacial score (nSPS) is 10.0. The van der Waals surface area contributed by atoms with Crippen molar-refractivity contribution < 1.29 is 19.1 Å². The van der Waals surface area contributed by atoms with E-state index in [-0.39, 0.29) is 6.54 Å². The lowest BCUT2D eigenvalue weighted by Gasteiger charge is -2.10. The van der Waals surface area contributed by atoms with Crippen molar-refractivity contribution >= 4 is 17.5 Å². The van der Waals surface area contributed by atoms with Crippen LogP contribution in [0.5, 0.6) is 11.5 Å². The molecule has 0 radical (unpaired) electrons. The molecule has 3 aromatic rings. The fourth-order valence-electron chi connectivity index (χ4n) is 2.65. The predicted octanol–water partition coefficient (Wildman–Crippen LogP) is 1.79. The number of methoxy groups -OCH3 is 2. The Morgan fingerprint density at radius 3 is 2.10 bits per heavy atom. The molecular weight excluding hydrogens is 398 g/mol. The van der Waals surface area contributed by atoms with E-state index in [1.54, 1.807) is 48.8 Å². The summed E-state index contributed by atoms with van der Waals surface area (Å²) in [5.74, 6) is -0.0183. The van der Waals surface area contributed by atoms with Gasteiger partial charge in [-0.1, -0.05) is 12.1 Å². The van der Waals surface area contributed by atoms with Crippen LogP contribution in [0.4, 0.5) is 0 Å². The smallest absolute Gasteiger partial charge is 0.259 e. The van der Waals surface area contributed by atoms with Gasteiger partial charge < -0.3 is 14.8 Å². The Kier molecular flexibility index (Phi) is 7.26. The molecule has 9 heteroatoms. The molecule has 158 valence electrons. The number of hydrazone groups is 1. The summed E-state index contributed by atoms with van der Waals surface area (Å²) in [6.07, 6.45) is 3.25. The molecule has 0 aliphatic carbocycles. The third-order valence-corrected chi connectivity index (χ3v) is 4.16. The molecule has 2 N–H and O–H groups in total. The lowest BCUT2D eigenvalue weighted by molar-refractivity contribution is -0.120. The molecule has 1 aromatic carbocycles. The Balaban J connectivity index is 1.66. The van der Waals surface area contributed by atoms with E-state index in [1.165, 1.54) is 20.3 Å². The zero-order valence-electron chi connectivity index (χ0n) is 17.0. The molecule has 2 amide bonds. The van der Waals surface area contributed by atoms with Crippen LogP contribution in [0.1, 0.15) is 21.7 Å². The summed E-state index contributed by atoms with van der Waals surface area (Å²) in [5.41, 5.74) is 4.27. The number of amides is 2. The van der Waals surface area contributed by atoms with E-state index >= 15 is 0 Å². The summed E-state index contributed by atoms with van der Waals surface area (Å²) in [6, 6.07) is 15.4. The largest absolute Gasteiger partial charge is 0.493 e. The fraction of sp³-hybridized carbons (Fsp3) is 0.136. The van der Waals surface area contributed by atoms with Crippen molar-refractivity contribution in [2.24, 2.45) is 5.10 Å². The Hall–Kier alpha value is -4.27. The molecule has 0 spiro atoms. The monoisotopic (exact) mass is 419 g/mol. The van der Waals surface area contributed by atoms with Crippen LogP contribution in [0.15, 0.2) is 72.1 Å². The Morgan fingerprint density at radius 2 is 1.55 bits per heavy atom. The summed E-state index contributed by atoms with van der Waals surface area (Å²) in [5, 5.41) is 6.71. The SMILES string of the molecule is COc1ccc(C(=O)NCC(=O)NN=C(c2ccccn2)c2ccccn2)cc1OC. The Bertz CT molecular complexity index is 1030. The molecule has 0 atom stereocenters. The maximum absolute atomic E-state index is 12.4. The minimum Gasteiger partial charge on any atom is -0.493 e. The van der Waals surface area contributed by atoms with E-state index in [9.17, 15) is 9.59 Å². The maximum atomic E-state index is 12.4. The standard InChI is InChI=1S/C22H21N5O4/c1-30-18-10-9-15(13-19(18)31-2)22(29)25-14-20(28)26-27-21(16-7-3-5-11-23-16)17-8-4-6-12-24-17/h3-13H,14H2,1-2H3,(H,25,29)(H,26,28). The van der Waals surface area contributed by atoms with Crippen LogP contribution in [0.3, 0.4) is 0 Å². The lowest BCUT2D eigenvalue weighted by Crippen LogP contribution is -2.35. The lowest BCUT2D eigenvalue weighted by atomic mass is 10.1. The van der Waals surface area contributed by atoms with E-state index in [4.69, 9.17) is 9.47 Å². The molecule has 2 heterocycles. The second-order valence-corrected chi connectivity index (χ2v) is 6.18. The molecule has 0 fully saturated rings. The van der Waals surface area contributed by atoms with Gasteiger partial charge in [0.15, 0.2) is 11.5 Å². The van der Waals surface area contributed by atoms with Gasteiger partial charge in [-0.05, 0) is 42.5 Å². The molecule has 0 saturated carbocycles. The van der Waals surface area contributed by atoms with Crippen molar-refractivity contribution in [1.82, 2.24) is 20.7 Å². The number of benzene rings is 1. The minimum absolute atomic E-state index is 0.269. The first kappa shape index (κ1) is 21.4. The van der Waals surface area contributed by atoms with E-state index in [2.05, 4.69) is 25.8 Å². The number of rotatable bonds is 8. The first-order valence-electron chi connectivity index (χ1n) is 9.32. The molecular formula is C22H21N5O4. The highest BCUT2D eigenvalue weighted by molar-refractivity contribution is 6.10. The number of pyridine rings is 2. The van der Waals surface area contributed by atoms with Crippen LogP contribution in [0.25, 0.3) is 0 Å². The van der Waals surface area contributed by atoms with Gasteiger partial charge in [0.2, 0.25) is 0 Å². The van der Waals surface area contributed by atoms with Crippen molar-refractivity contribution in [3.05, 3.63) is 83.9 Å².